The molecule has 1 fully saturated rings. The van der Waals surface area contributed by atoms with Gasteiger partial charge in [0.05, 0.1) is 30.0 Å². The summed E-state index contributed by atoms with van der Waals surface area (Å²) in [6, 6.07) is 0.386. The lowest BCUT2D eigenvalue weighted by molar-refractivity contribution is -0.0808. The van der Waals surface area contributed by atoms with Crippen molar-refractivity contribution in [3.8, 4) is 0 Å². The van der Waals surface area contributed by atoms with E-state index in [9.17, 15) is 5.11 Å². The van der Waals surface area contributed by atoms with Gasteiger partial charge in [-0.25, -0.2) is 4.98 Å². The summed E-state index contributed by atoms with van der Waals surface area (Å²) in [5.41, 5.74) is 1.13. The van der Waals surface area contributed by atoms with Crippen LogP contribution in [-0.2, 0) is 11.3 Å². The Morgan fingerprint density at radius 1 is 1.61 bits per heavy atom. The van der Waals surface area contributed by atoms with Crippen LogP contribution >= 0.6 is 11.3 Å². The smallest absolute Gasteiger partial charge is 0.0954 e. The summed E-state index contributed by atoms with van der Waals surface area (Å²) in [6.45, 7) is 8.91. The number of hydrogen-bond acceptors (Lipinski definition) is 5. The average Bonchev–Trinajstić information content (AvgIpc) is 2.81. The maximum atomic E-state index is 9.17. The molecule has 102 valence electrons. The second-order valence-corrected chi connectivity index (χ2v) is 6.14. The molecule has 0 amide bonds. The van der Waals surface area contributed by atoms with Crippen molar-refractivity contribution >= 4 is 11.3 Å². The second-order valence-electron chi connectivity index (χ2n) is 5.25. The Morgan fingerprint density at radius 3 is 3.00 bits per heavy atom. The minimum atomic E-state index is -0.0515. The van der Waals surface area contributed by atoms with Crippen molar-refractivity contribution in [3.63, 3.8) is 0 Å². The number of aromatic nitrogens is 1. The van der Waals surface area contributed by atoms with Crippen molar-refractivity contribution in [2.45, 2.75) is 45.4 Å². The van der Waals surface area contributed by atoms with E-state index in [-0.39, 0.29) is 12.7 Å². The van der Waals surface area contributed by atoms with Gasteiger partial charge >= 0.3 is 0 Å². The molecule has 18 heavy (non-hydrogen) atoms. The number of hydrogen-bond donors (Lipinski definition) is 1. The predicted octanol–water partition coefficient (Wildman–Crippen LogP) is 1.85. The Morgan fingerprint density at radius 2 is 2.39 bits per heavy atom. The highest BCUT2D eigenvalue weighted by Crippen LogP contribution is 2.21. The first kappa shape index (κ1) is 13.9. The van der Waals surface area contributed by atoms with Gasteiger partial charge in [0.1, 0.15) is 0 Å². The first-order chi connectivity index (χ1) is 8.60. The van der Waals surface area contributed by atoms with Crippen molar-refractivity contribution in [3.05, 3.63) is 16.1 Å². The summed E-state index contributed by atoms with van der Waals surface area (Å²) < 4.78 is 5.54. The van der Waals surface area contributed by atoms with Gasteiger partial charge in [-0.1, -0.05) is 13.8 Å². The molecule has 4 nitrogen and oxygen atoms in total. The van der Waals surface area contributed by atoms with Crippen LogP contribution in [0.1, 0.15) is 37.4 Å². The van der Waals surface area contributed by atoms with Crippen molar-refractivity contribution < 1.29 is 9.84 Å². The fraction of sp³-hybridized carbons (Fsp3) is 0.769. The Balaban J connectivity index is 1.98. The summed E-state index contributed by atoms with van der Waals surface area (Å²) in [7, 11) is 0. The first-order valence-corrected chi connectivity index (χ1v) is 7.39. The van der Waals surface area contributed by atoms with E-state index in [1.54, 1.807) is 11.3 Å². The summed E-state index contributed by atoms with van der Waals surface area (Å²) in [4.78, 5) is 7.00. The third kappa shape index (κ3) is 3.29. The molecular weight excluding hydrogens is 248 g/mol. The number of nitrogens with zero attached hydrogens (tertiary/aromatic N) is 2. The molecular formula is C13H22N2O2S. The molecule has 1 saturated heterocycles. The minimum absolute atomic E-state index is 0.0515. The Kier molecular flexibility index (Phi) is 4.72. The monoisotopic (exact) mass is 270 g/mol. The van der Waals surface area contributed by atoms with Crippen LogP contribution in [0.4, 0.5) is 0 Å². The zero-order valence-corrected chi connectivity index (χ0v) is 12.1. The third-order valence-electron chi connectivity index (χ3n) is 3.27. The molecule has 0 bridgehead atoms. The number of aliphatic hydroxyl groups excluding tert-OH is 1. The summed E-state index contributed by atoms with van der Waals surface area (Å²) in [5.74, 6) is 0.496. The molecule has 2 unspecified atom stereocenters. The third-order valence-corrected chi connectivity index (χ3v) is 4.46. The fourth-order valence-electron chi connectivity index (χ4n) is 2.07. The number of aliphatic hydroxyl groups is 1. The number of ether oxygens (including phenoxy) is 1. The molecule has 5 heteroatoms. The largest absolute Gasteiger partial charge is 0.394 e. The van der Waals surface area contributed by atoms with E-state index in [4.69, 9.17) is 4.74 Å². The lowest BCUT2D eigenvalue weighted by atomic mass is 10.2. The molecule has 1 aromatic heterocycles. The lowest BCUT2D eigenvalue weighted by Crippen LogP contribution is -2.48. The van der Waals surface area contributed by atoms with Gasteiger partial charge in [-0.05, 0) is 6.92 Å². The van der Waals surface area contributed by atoms with E-state index < -0.39 is 0 Å². The highest BCUT2D eigenvalue weighted by molar-refractivity contribution is 7.09. The molecule has 0 saturated carbocycles. The molecule has 1 N–H and O–H groups in total. The van der Waals surface area contributed by atoms with Crippen molar-refractivity contribution in [1.29, 1.82) is 0 Å². The van der Waals surface area contributed by atoms with Crippen molar-refractivity contribution in [2.75, 3.05) is 19.8 Å². The van der Waals surface area contributed by atoms with Crippen LogP contribution < -0.4 is 0 Å². The molecule has 1 aliphatic rings. The number of thiazole rings is 1. The Bertz CT molecular complexity index is 381. The van der Waals surface area contributed by atoms with Crippen LogP contribution in [0.3, 0.4) is 0 Å². The number of morpholine rings is 1. The quantitative estimate of drug-likeness (QED) is 0.907. The minimum Gasteiger partial charge on any atom is -0.394 e. The molecule has 2 heterocycles. The second kappa shape index (κ2) is 6.10. The van der Waals surface area contributed by atoms with Gasteiger partial charge in [-0.15, -0.1) is 11.3 Å². The van der Waals surface area contributed by atoms with E-state index in [1.807, 2.05) is 0 Å². The van der Waals surface area contributed by atoms with Crippen LogP contribution in [-0.4, -0.2) is 46.9 Å². The van der Waals surface area contributed by atoms with Gasteiger partial charge in [0.15, 0.2) is 0 Å². The van der Waals surface area contributed by atoms with E-state index in [0.29, 0.717) is 18.6 Å². The molecule has 2 rings (SSSR count). The van der Waals surface area contributed by atoms with E-state index in [2.05, 4.69) is 36.0 Å². The Hall–Kier alpha value is -0.490. The predicted molar refractivity (Wildman–Crippen MR) is 72.9 cm³/mol. The maximum absolute atomic E-state index is 9.17. The zero-order chi connectivity index (χ0) is 13.1. The van der Waals surface area contributed by atoms with E-state index in [0.717, 1.165) is 18.8 Å². The average molecular weight is 270 g/mol. The first-order valence-electron chi connectivity index (χ1n) is 6.51. The SMILES string of the molecule is CC(C)c1nc(CN2CC(CO)OCC2C)cs1. The van der Waals surface area contributed by atoms with Gasteiger partial charge in [0, 0.05) is 30.4 Å². The van der Waals surface area contributed by atoms with Gasteiger partial charge in [-0.3, -0.25) is 4.90 Å². The zero-order valence-electron chi connectivity index (χ0n) is 11.3. The molecule has 1 aliphatic heterocycles. The summed E-state index contributed by atoms with van der Waals surface area (Å²) in [5, 5.41) is 12.5. The van der Waals surface area contributed by atoms with Crippen molar-refractivity contribution in [2.24, 2.45) is 0 Å². The van der Waals surface area contributed by atoms with Crippen LogP contribution in [0.15, 0.2) is 5.38 Å². The van der Waals surface area contributed by atoms with E-state index in [1.165, 1.54) is 5.01 Å². The van der Waals surface area contributed by atoms with Crippen LogP contribution in [0, 0.1) is 0 Å². The molecule has 1 aromatic rings. The molecule has 0 radical (unpaired) electrons. The fourth-order valence-corrected chi connectivity index (χ4v) is 2.90. The van der Waals surface area contributed by atoms with Gasteiger partial charge in [-0.2, -0.15) is 0 Å². The summed E-state index contributed by atoms with van der Waals surface area (Å²) in [6.07, 6.45) is -0.0515. The highest BCUT2D eigenvalue weighted by Gasteiger charge is 2.26. The van der Waals surface area contributed by atoms with Gasteiger partial charge in [0.25, 0.3) is 0 Å². The van der Waals surface area contributed by atoms with Gasteiger partial charge in [0.2, 0.25) is 0 Å². The van der Waals surface area contributed by atoms with Crippen LogP contribution in [0.5, 0.6) is 0 Å². The normalized spacial score (nSPS) is 25.8. The highest BCUT2D eigenvalue weighted by atomic mass is 32.1. The van der Waals surface area contributed by atoms with Gasteiger partial charge < -0.3 is 9.84 Å². The Labute approximate surface area is 113 Å². The molecule has 2 atom stereocenters. The van der Waals surface area contributed by atoms with Crippen LogP contribution in [0.2, 0.25) is 0 Å². The van der Waals surface area contributed by atoms with Crippen molar-refractivity contribution in [1.82, 2.24) is 9.88 Å². The summed E-state index contributed by atoms with van der Waals surface area (Å²) >= 11 is 1.74. The maximum Gasteiger partial charge on any atom is 0.0954 e. The standard InChI is InChI=1S/C13H22N2O2S/c1-9(2)13-14-11(8-18-13)4-15-5-12(6-16)17-7-10(15)3/h8-10,12,16H,4-7H2,1-3H3. The number of rotatable bonds is 4. The molecule has 0 aliphatic carbocycles. The molecule has 0 spiro atoms. The topological polar surface area (TPSA) is 45.6 Å². The lowest BCUT2D eigenvalue weighted by Gasteiger charge is -2.36. The molecule has 0 aromatic carbocycles. The van der Waals surface area contributed by atoms with Crippen LogP contribution in [0.25, 0.3) is 0 Å². The van der Waals surface area contributed by atoms with E-state index >= 15 is 0 Å².